The van der Waals surface area contributed by atoms with E-state index in [1.165, 1.54) is 0 Å². The summed E-state index contributed by atoms with van der Waals surface area (Å²) >= 11 is 1.75. The fourth-order valence-corrected chi connectivity index (χ4v) is 2.88. The number of nitrogens with two attached hydrogens (primary N) is 1. The smallest absolute Gasteiger partial charge is 0.239 e. The first-order valence-electron chi connectivity index (χ1n) is 6.85. The predicted molar refractivity (Wildman–Crippen MR) is 74.6 cm³/mol. The van der Waals surface area contributed by atoms with E-state index in [1.54, 1.807) is 11.8 Å². The van der Waals surface area contributed by atoms with Gasteiger partial charge in [-0.1, -0.05) is 0 Å². The molecule has 1 aliphatic heterocycles. The van der Waals surface area contributed by atoms with Gasteiger partial charge in [0, 0.05) is 25.1 Å². The molecule has 2 fully saturated rings. The van der Waals surface area contributed by atoms with Gasteiger partial charge in [0.25, 0.3) is 0 Å². The quantitative estimate of drug-likeness (QED) is 0.754. The first-order valence-corrected chi connectivity index (χ1v) is 8.24. The van der Waals surface area contributed by atoms with Gasteiger partial charge in [-0.25, -0.2) is 0 Å². The van der Waals surface area contributed by atoms with E-state index in [0.717, 1.165) is 51.2 Å². The highest BCUT2D eigenvalue weighted by Crippen LogP contribution is 2.29. The van der Waals surface area contributed by atoms with Crippen LogP contribution >= 0.6 is 11.8 Å². The summed E-state index contributed by atoms with van der Waals surface area (Å²) in [5, 5.41) is 0. The second kappa shape index (κ2) is 6.78. The second-order valence-electron chi connectivity index (χ2n) is 5.34. The molecule has 0 radical (unpaired) electrons. The lowest BCUT2D eigenvalue weighted by Gasteiger charge is -2.27. The van der Waals surface area contributed by atoms with E-state index in [0.29, 0.717) is 12.0 Å². The van der Waals surface area contributed by atoms with Crippen LogP contribution in [0.2, 0.25) is 0 Å². The fraction of sp³-hybridized carbons (Fsp3) is 0.923. The molecular weight excluding hydrogens is 248 g/mol. The van der Waals surface area contributed by atoms with Gasteiger partial charge >= 0.3 is 0 Å². The molecule has 0 bridgehead atoms. The molecule has 1 unspecified atom stereocenters. The van der Waals surface area contributed by atoms with Crippen LogP contribution in [0.3, 0.4) is 0 Å². The van der Waals surface area contributed by atoms with Crippen molar-refractivity contribution < 1.29 is 9.53 Å². The molecule has 4 nitrogen and oxygen atoms in total. The highest BCUT2D eigenvalue weighted by atomic mass is 32.2. The van der Waals surface area contributed by atoms with Crippen molar-refractivity contribution in [3.05, 3.63) is 0 Å². The van der Waals surface area contributed by atoms with Crippen molar-refractivity contribution in [3.63, 3.8) is 0 Å². The van der Waals surface area contributed by atoms with Crippen LogP contribution in [0.4, 0.5) is 0 Å². The Bertz CT molecular complexity index is 278. The Morgan fingerprint density at radius 2 is 2.28 bits per heavy atom. The molecule has 1 amide bonds. The fourth-order valence-electron chi connectivity index (χ4n) is 2.39. The van der Waals surface area contributed by atoms with Crippen LogP contribution in [0.25, 0.3) is 0 Å². The number of nitrogens with zero attached hydrogens (tertiary/aromatic N) is 1. The third-order valence-electron chi connectivity index (χ3n) is 3.70. The minimum atomic E-state index is -0.319. The van der Waals surface area contributed by atoms with Gasteiger partial charge in [0.2, 0.25) is 5.91 Å². The molecular formula is C13H24N2O2S. The molecule has 1 aliphatic carbocycles. The molecule has 18 heavy (non-hydrogen) atoms. The van der Waals surface area contributed by atoms with E-state index in [-0.39, 0.29) is 11.9 Å². The Balaban J connectivity index is 1.85. The molecule has 104 valence electrons. The van der Waals surface area contributed by atoms with Crippen molar-refractivity contribution in [2.75, 3.05) is 31.8 Å². The third kappa shape index (κ3) is 3.87. The number of ether oxygens (including phenoxy) is 1. The van der Waals surface area contributed by atoms with E-state index in [1.807, 2.05) is 11.2 Å². The second-order valence-corrected chi connectivity index (χ2v) is 6.32. The number of carbonyl (C=O) groups is 1. The van der Waals surface area contributed by atoms with Crippen LogP contribution in [-0.4, -0.2) is 54.7 Å². The average molecular weight is 272 g/mol. The largest absolute Gasteiger partial charge is 0.381 e. The number of amides is 1. The molecule has 0 aromatic rings. The minimum absolute atomic E-state index is 0.151. The summed E-state index contributed by atoms with van der Waals surface area (Å²) in [6.45, 7) is 2.49. The van der Waals surface area contributed by atoms with Crippen LogP contribution < -0.4 is 5.73 Å². The number of hydrogen-bond donors (Lipinski definition) is 1. The summed E-state index contributed by atoms with van der Waals surface area (Å²) in [5.41, 5.74) is 6.01. The number of carbonyl (C=O) groups excluding carboxylic acids is 1. The lowest BCUT2D eigenvalue weighted by atomic mass is 10.1. The molecule has 2 atom stereocenters. The Morgan fingerprint density at radius 3 is 2.83 bits per heavy atom. The van der Waals surface area contributed by atoms with Gasteiger partial charge in [-0.05, 0) is 37.7 Å². The molecule has 1 saturated carbocycles. The van der Waals surface area contributed by atoms with E-state index < -0.39 is 0 Å². The summed E-state index contributed by atoms with van der Waals surface area (Å²) in [4.78, 5) is 14.4. The molecule has 0 aromatic carbocycles. The maximum atomic E-state index is 12.4. The van der Waals surface area contributed by atoms with Gasteiger partial charge < -0.3 is 15.4 Å². The van der Waals surface area contributed by atoms with E-state index >= 15 is 0 Å². The summed E-state index contributed by atoms with van der Waals surface area (Å²) < 4.78 is 5.39. The SMILES string of the molecule is CSCC[C@H](N)C(=O)N(CC1CCOC1)C1CC1. The molecule has 2 aliphatic rings. The highest BCUT2D eigenvalue weighted by molar-refractivity contribution is 7.98. The molecule has 2 N–H and O–H groups in total. The number of thioether (sulfide) groups is 1. The van der Waals surface area contributed by atoms with Gasteiger partial charge in [-0.3, -0.25) is 4.79 Å². The molecule has 5 heteroatoms. The maximum absolute atomic E-state index is 12.4. The summed E-state index contributed by atoms with van der Waals surface area (Å²) in [6, 6.07) is 0.138. The van der Waals surface area contributed by atoms with Crippen LogP contribution in [0.15, 0.2) is 0 Å². The molecule has 2 rings (SSSR count). The van der Waals surface area contributed by atoms with Crippen LogP contribution in [0.1, 0.15) is 25.7 Å². The van der Waals surface area contributed by atoms with Gasteiger partial charge in [0.15, 0.2) is 0 Å². The van der Waals surface area contributed by atoms with Gasteiger partial charge in [-0.2, -0.15) is 11.8 Å². The lowest BCUT2D eigenvalue weighted by molar-refractivity contribution is -0.133. The van der Waals surface area contributed by atoms with Gasteiger partial charge in [-0.15, -0.1) is 0 Å². The van der Waals surface area contributed by atoms with Crippen molar-refractivity contribution in [2.45, 2.75) is 37.8 Å². The number of hydrogen-bond acceptors (Lipinski definition) is 4. The van der Waals surface area contributed by atoms with Crippen molar-refractivity contribution in [3.8, 4) is 0 Å². The predicted octanol–water partition coefficient (Wildman–Crippen LogP) is 1.09. The zero-order valence-electron chi connectivity index (χ0n) is 11.1. The van der Waals surface area contributed by atoms with E-state index in [9.17, 15) is 4.79 Å². The van der Waals surface area contributed by atoms with Crippen molar-refractivity contribution >= 4 is 17.7 Å². The Labute approximate surface area is 114 Å². The standard InChI is InChI=1S/C13H24N2O2S/c1-18-7-5-12(14)13(16)15(11-2-3-11)8-10-4-6-17-9-10/h10-12H,2-9,14H2,1H3/t10?,12-/m0/s1. The Hall–Kier alpha value is -0.260. The average Bonchev–Trinajstić information content (AvgIpc) is 3.09. The molecule has 1 saturated heterocycles. The van der Waals surface area contributed by atoms with Crippen LogP contribution in [0, 0.1) is 5.92 Å². The zero-order valence-corrected chi connectivity index (χ0v) is 12.0. The van der Waals surface area contributed by atoms with Crippen molar-refractivity contribution in [1.29, 1.82) is 0 Å². The summed E-state index contributed by atoms with van der Waals surface area (Å²) in [7, 11) is 0. The molecule has 0 aromatic heterocycles. The third-order valence-corrected chi connectivity index (χ3v) is 4.34. The lowest BCUT2D eigenvalue weighted by Crippen LogP contribution is -2.47. The van der Waals surface area contributed by atoms with E-state index in [4.69, 9.17) is 10.5 Å². The van der Waals surface area contributed by atoms with Gasteiger partial charge in [0.05, 0.1) is 12.6 Å². The minimum Gasteiger partial charge on any atom is -0.381 e. The first-order chi connectivity index (χ1) is 8.72. The van der Waals surface area contributed by atoms with Crippen molar-refractivity contribution in [2.24, 2.45) is 11.7 Å². The van der Waals surface area contributed by atoms with E-state index in [2.05, 4.69) is 0 Å². The topological polar surface area (TPSA) is 55.6 Å². The molecule has 1 heterocycles. The highest BCUT2D eigenvalue weighted by Gasteiger charge is 2.36. The van der Waals surface area contributed by atoms with Gasteiger partial charge in [0.1, 0.15) is 0 Å². The zero-order chi connectivity index (χ0) is 13.0. The van der Waals surface area contributed by atoms with Crippen LogP contribution in [0.5, 0.6) is 0 Å². The van der Waals surface area contributed by atoms with Crippen LogP contribution in [-0.2, 0) is 9.53 Å². The number of rotatable bonds is 7. The molecule has 0 spiro atoms. The Kier molecular flexibility index (Phi) is 5.33. The normalized spacial score (nSPS) is 25.1. The first kappa shape index (κ1) is 14.2. The summed E-state index contributed by atoms with van der Waals surface area (Å²) in [6.07, 6.45) is 6.20. The van der Waals surface area contributed by atoms with Crippen molar-refractivity contribution in [1.82, 2.24) is 4.90 Å². The summed E-state index contributed by atoms with van der Waals surface area (Å²) in [5.74, 6) is 1.62. The maximum Gasteiger partial charge on any atom is 0.239 e. The Morgan fingerprint density at radius 1 is 1.50 bits per heavy atom. The monoisotopic (exact) mass is 272 g/mol.